The van der Waals surface area contributed by atoms with Crippen molar-refractivity contribution in [2.45, 2.75) is 39.0 Å². The Kier molecular flexibility index (Phi) is 7.23. The summed E-state index contributed by atoms with van der Waals surface area (Å²) in [5.74, 6) is 0.544. The second-order valence-corrected chi connectivity index (χ2v) is 8.09. The summed E-state index contributed by atoms with van der Waals surface area (Å²) in [6, 6.07) is 3.57. The highest BCUT2D eigenvalue weighted by Gasteiger charge is 2.34. The quantitative estimate of drug-likeness (QED) is 0.708. The van der Waals surface area contributed by atoms with Crippen molar-refractivity contribution < 1.29 is 19.1 Å². The molecular formula is C22H31N3O4. The first kappa shape index (κ1) is 21.3. The summed E-state index contributed by atoms with van der Waals surface area (Å²) in [5, 5.41) is 0. The molecule has 2 saturated heterocycles. The van der Waals surface area contributed by atoms with Crippen LogP contribution < -0.4 is 0 Å². The molecule has 1 aromatic rings. The number of hydrogen-bond donors (Lipinski definition) is 0. The SMILES string of the molecule is CC[C@H]1CN(C(=O)c2cccnc2)CC[C@H]1CC(=O)N1CCC(C(=O)OC)CC1. The van der Waals surface area contributed by atoms with Crippen molar-refractivity contribution in [2.75, 3.05) is 33.3 Å². The van der Waals surface area contributed by atoms with Crippen LogP contribution in [0.15, 0.2) is 24.5 Å². The van der Waals surface area contributed by atoms with E-state index in [1.165, 1.54) is 7.11 Å². The lowest BCUT2D eigenvalue weighted by molar-refractivity contribution is -0.149. The summed E-state index contributed by atoms with van der Waals surface area (Å²) < 4.78 is 4.82. The average molecular weight is 402 g/mol. The standard InChI is InChI=1S/C22H31N3O4/c1-3-16-15-25(21(27)19-5-4-9-23-14-19)12-8-18(16)13-20(26)24-10-6-17(7-11-24)22(28)29-2/h4-5,9,14,16-18H,3,6-8,10-13,15H2,1-2H3/t16-,18-/m0/s1. The first-order valence-electron chi connectivity index (χ1n) is 10.6. The van der Waals surface area contributed by atoms with Crippen LogP contribution >= 0.6 is 0 Å². The first-order chi connectivity index (χ1) is 14.0. The number of carbonyl (C=O) groups is 3. The molecule has 0 aromatic carbocycles. The molecule has 0 radical (unpaired) electrons. The number of esters is 1. The molecule has 2 aliphatic rings. The molecule has 2 atom stereocenters. The number of methoxy groups -OCH3 is 1. The van der Waals surface area contributed by atoms with Gasteiger partial charge in [0.05, 0.1) is 18.6 Å². The molecule has 0 spiro atoms. The molecule has 2 amide bonds. The van der Waals surface area contributed by atoms with E-state index in [0.29, 0.717) is 62.8 Å². The third kappa shape index (κ3) is 5.14. The van der Waals surface area contributed by atoms with E-state index in [-0.39, 0.29) is 23.7 Å². The zero-order valence-electron chi connectivity index (χ0n) is 17.4. The summed E-state index contributed by atoms with van der Waals surface area (Å²) >= 11 is 0. The Morgan fingerprint density at radius 3 is 2.45 bits per heavy atom. The fourth-order valence-corrected chi connectivity index (χ4v) is 4.55. The van der Waals surface area contributed by atoms with Gasteiger partial charge in [-0.2, -0.15) is 0 Å². The number of ether oxygens (including phenoxy) is 1. The molecule has 0 saturated carbocycles. The van der Waals surface area contributed by atoms with E-state index in [1.54, 1.807) is 24.5 Å². The maximum atomic E-state index is 12.8. The highest BCUT2D eigenvalue weighted by molar-refractivity contribution is 5.94. The van der Waals surface area contributed by atoms with E-state index < -0.39 is 0 Å². The van der Waals surface area contributed by atoms with Gasteiger partial charge < -0.3 is 14.5 Å². The number of hydrogen-bond acceptors (Lipinski definition) is 5. The number of pyridine rings is 1. The molecule has 7 nitrogen and oxygen atoms in total. The molecule has 29 heavy (non-hydrogen) atoms. The third-order valence-corrected chi connectivity index (χ3v) is 6.43. The van der Waals surface area contributed by atoms with Crippen molar-refractivity contribution in [1.29, 1.82) is 0 Å². The van der Waals surface area contributed by atoms with Gasteiger partial charge in [0.25, 0.3) is 5.91 Å². The maximum absolute atomic E-state index is 12.8. The van der Waals surface area contributed by atoms with E-state index in [4.69, 9.17) is 4.74 Å². The Hall–Kier alpha value is -2.44. The Balaban J connectivity index is 1.52. The molecule has 158 valence electrons. The summed E-state index contributed by atoms with van der Waals surface area (Å²) in [6.07, 6.45) is 6.93. The van der Waals surface area contributed by atoms with Gasteiger partial charge in [0.2, 0.25) is 5.91 Å². The van der Waals surface area contributed by atoms with Crippen LogP contribution in [0.4, 0.5) is 0 Å². The number of carbonyl (C=O) groups excluding carboxylic acids is 3. The molecule has 2 aliphatic heterocycles. The van der Waals surface area contributed by atoms with Crippen LogP contribution in [0, 0.1) is 17.8 Å². The van der Waals surface area contributed by atoms with Crippen LogP contribution in [0.25, 0.3) is 0 Å². The molecule has 0 unspecified atom stereocenters. The predicted molar refractivity (Wildman–Crippen MR) is 108 cm³/mol. The predicted octanol–water partition coefficient (Wildman–Crippen LogP) is 2.37. The van der Waals surface area contributed by atoms with Crippen molar-refractivity contribution >= 4 is 17.8 Å². The molecule has 0 N–H and O–H groups in total. The zero-order chi connectivity index (χ0) is 20.8. The zero-order valence-corrected chi connectivity index (χ0v) is 17.4. The Labute approximate surface area is 172 Å². The van der Waals surface area contributed by atoms with Gasteiger partial charge >= 0.3 is 5.97 Å². The first-order valence-corrected chi connectivity index (χ1v) is 10.6. The van der Waals surface area contributed by atoms with Gasteiger partial charge in [0.1, 0.15) is 0 Å². The summed E-state index contributed by atoms with van der Waals surface area (Å²) in [4.78, 5) is 45.0. The second-order valence-electron chi connectivity index (χ2n) is 8.09. The third-order valence-electron chi connectivity index (χ3n) is 6.43. The van der Waals surface area contributed by atoms with Gasteiger partial charge in [-0.3, -0.25) is 19.4 Å². The molecule has 3 rings (SSSR count). The molecule has 3 heterocycles. The van der Waals surface area contributed by atoms with E-state index in [1.807, 2.05) is 9.80 Å². The van der Waals surface area contributed by atoms with Crippen molar-refractivity contribution in [3.05, 3.63) is 30.1 Å². The number of amides is 2. The van der Waals surface area contributed by atoms with Gasteiger partial charge in [-0.25, -0.2) is 0 Å². The lowest BCUT2D eigenvalue weighted by atomic mass is 9.81. The molecule has 2 fully saturated rings. The maximum Gasteiger partial charge on any atom is 0.308 e. The fraction of sp³-hybridized carbons (Fsp3) is 0.636. The highest BCUT2D eigenvalue weighted by Crippen LogP contribution is 2.31. The normalized spacial score (nSPS) is 23.0. The Bertz CT molecular complexity index is 716. The summed E-state index contributed by atoms with van der Waals surface area (Å²) in [7, 11) is 1.41. The van der Waals surface area contributed by atoms with Gasteiger partial charge in [-0.15, -0.1) is 0 Å². The van der Waals surface area contributed by atoms with Crippen LogP contribution in [-0.4, -0.2) is 65.9 Å². The van der Waals surface area contributed by atoms with Crippen LogP contribution in [0.1, 0.15) is 49.4 Å². The van der Waals surface area contributed by atoms with Gasteiger partial charge in [-0.05, 0) is 43.2 Å². The second kappa shape index (κ2) is 9.85. The van der Waals surface area contributed by atoms with Crippen molar-refractivity contribution in [3.8, 4) is 0 Å². The number of piperidine rings is 2. The van der Waals surface area contributed by atoms with E-state index >= 15 is 0 Å². The summed E-state index contributed by atoms with van der Waals surface area (Å²) in [6.45, 7) is 4.72. The van der Waals surface area contributed by atoms with E-state index in [0.717, 1.165) is 12.8 Å². The molecule has 7 heteroatoms. The van der Waals surface area contributed by atoms with Gasteiger partial charge in [0.15, 0.2) is 0 Å². The number of aromatic nitrogens is 1. The fourth-order valence-electron chi connectivity index (χ4n) is 4.55. The van der Waals surface area contributed by atoms with Crippen molar-refractivity contribution in [2.24, 2.45) is 17.8 Å². The minimum atomic E-state index is -0.172. The molecule has 0 aliphatic carbocycles. The van der Waals surface area contributed by atoms with Crippen molar-refractivity contribution in [3.63, 3.8) is 0 Å². The van der Waals surface area contributed by atoms with Gasteiger partial charge in [-0.1, -0.05) is 13.3 Å². The monoisotopic (exact) mass is 401 g/mol. The average Bonchev–Trinajstić information content (AvgIpc) is 2.78. The smallest absolute Gasteiger partial charge is 0.308 e. The highest BCUT2D eigenvalue weighted by atomic mass is 16.5. The topological polar surface area (TPSA) is 79.8 Å². The van der Waals surface area contributed by atoms with Crippen LogP contribution in [0.2, 0.25) is 0 Å². The minimum absolute atomic E-state index is 0.0196. The Morgan fingerprint density at radius 2 is 1.83 bits per heavy atom. The summed E-state index contributed by atoms with van der Waals surface area (Å²) in [5.41, 5.74) is 0.616. The number of rotatable bonds is 5. The van der Waals surface area contributed by atoms with Crippen molar-refractivity contribution in [1.82, 2.24) is 14.8 Å². The van der Waals surface area contributed by atoms with Crippen LogP contribution in [-0.2, 0) is 14.3 Å². The molecule has 1 aromatic heterocycles. The largest absolute Gasteiger partial charge is 0.469 e. The lowest BCUT2D eigenvalue weighted by Gasteiger charge is -2.39. The number of nitrogens with zero attached hydrogens (tertiary/aromatic N) is 3. The Morgan fingerprint density at radius 1 is 1.10 bits per heavy atom. The van der Waals surface area contributed by atoms with E-state index in [2.05, 4.69) is 11.9 Å². The van der Waals surface area contributed by atoms with Crippen LogP contribution in [0.5, 0.6) is 0 Å². The van der Waals surface area contributed by atoms with E-state index in [9.17, 15) is 14.4 Å². The number of likely N-dealkylation sites (tertiary alicyclic amines) is 2. The van der Waals surface area contributed by atoms with Gasteiger partial charge in [0, 0.05) is 45.0 Å². The molecule has 0 bridgehead atoms. The lowest BCUT2D eigenvalue weighted by Crippen LogP contribution is -2.46. The van der Waals surface area contributed by atoms with Crippen LogP contribution in [0.3, 0.4) is 0 Å². The minimum Gasteiger partial charge on any atom is -0.469 e. The molecular weight excluding hydrogens is 370 g/mol.